The van der Waals surface area contributed by atoms with Gasteiger partial charge in [-0.05, 0) is 19.0 Å². The molecule has 1 atom stereocenters. The van der Waals surface area contributed by atoms with E-state index in [1.165, 1.54) is 5.56 Å². The van der Waals surface area contributed by atoms with Crippen LogP contribution in [0.5, 0.6) is 0 Å². The average Bonchev–Trinajstić information content (AvgIpc) is 1.91. The number of hydrogen-bond donors (Lipinski definition) is 0. The summed E-state index contributed by atoms with van der Waals surface area (Å²) in [4.78, 5) is 0. The van der Waals surface area contributed by atoms with Gasteiger partial charge in [-0.25, -0.2) is 0 Å². The number of benzene rings is 1. The molecule has 1 aromatic carbocycles. The van der Waals surface area contributed by atoms with Crippen molar-refractivity contribution in [2.45, 2.75) is 6.16 Å². The summed E-state index contributed by atoms with van der Waals surface area (Å²) < 4.78 is 0. The summed E-state index contributed by atoms with van der Waals surface area (Å²) in [6.07, 6.45) is 1.15. The van der Waals surface area contributed by atoms with Crippen molar-refractivity contribution in [2.75, 3.05) is 0 Å². The fourth-order valence-electron chi connectivity index (χ4n) is 0.673. The number of hydrogen-bond acceptors (Lipinski definition) is 0. The van der Waals surface area contributed by atoms with Gasteiger partial charge in [-0.3, -0.25) is 0 Å². The van der Waals surface area contributed by atoms with Crippen molar-refractivity contribution < 1.29 is 0 Å². The van der Waals surface area contributed by atoms with E-state index in [1.807, 2.05) is 6.07 Å². The molecule has 0 heterocycles. The van der Waals surface area contributed by atoms with E-state index >= 15 is 0 Å². The van der Waals surface area contributed by atoms with Gasteiger partial charge in [0.05, 0.1) is 0 Å². The maximum Gasteiger partial charge on any atom is -0.000202 e. The highest BCUT2D eigenvalue weighted by atomic mass is 79.9. The molecular weight excluding hydrogens is 275 g/mol. The van der Waals surface area contributed by atoms with Crippen molar-refractivity contribution in [3.8, 4) is 0 Å². The SMILES string of the molecule is Br.BrPCc1ccccc1. The third-order valence-electron chi connectivity index (χ3n) is 1.11. The molecule has 10 heavy (non-hydrogen) atoms. The van der Waals surface area contributed by atoms with Gasteiger partial charge in [-0.1, -0.05) is 45.8 Å². The van der Waals surface area contributed by atoms with E-state index in [0.29, 0.717) is 0 Å². The van der Waals surface area contributed by atoms with E-state index in [0.717, 1.165) is 13.4 Å². The van der Waals surface area contributed by atoms with Crippen molar-refractivity contribution in [1.82, 2.24) is 0 Å². The van der Waals surface area contributed by atoms with Gasteiger partial charge >= 0.3 is 0 Å². The predicted molar refractivity (Wildman–Crippen MR) is 57.7 cm³/mol. The minimum absolute atomic E-state index is 0. The minimum atomic E-state index is 0. The molecule has 1 rings (SSSR count). The summed E-state index contributed by atoms with van der Waals surface area (Å²) in [5.41, 5.74) is 1.41. The second-order valence-corrected chi connectivity index (χ2v) is 4.10. The highest BCUT2D eigenvalue weighted by molar-refractivity contribution is 9.36. The first-order valence-electron chi connectivity index (χ1n) is 2.81. The molecule has 0 N–H and O–H groups in total. The fourth-order valence-corrected chi connectivity index (χ4v) is 2.03. The van der Waals surface area contributed by atoms with E-state index in [2.05, 4.69) is 39.8 Å². The zero-order valence-electron chi connectivity index (χ0n) is 5.38. The largest absolute Gasteiger partial charge is 0.114 e. The highest BCUT2D eigenvalue weighted by Crippen LogP contribution is 2.24. The Kier molecular flexibility index (Phi) is 6.71. The highest BCUT2D eigenvalue weighted by Gasteiger charge is 1.85. The standard InChI is InChI=1S/C7H8BrP.BrH/c8-9-6-7-4-2-1-3-5-7;/h1-5,9H,6H2;1H. The molecule has 0 radical (unpaired) electrons. The Morgan fingerprint density at radius 1 is 1.20 bits per heavy atom. The molecule has 3 heteroatoms. The van der Waals surface area contributed by atoms with Crippen LogP contribution in [0, 0.1) is 0 Å². The molecule has 0 spiro atoms. The van der Waals surface area contributed by atoms with Crippen molar-refractivity contribution >= 4 is 39.8 Å². The van der Waals surface area contributed by atoms with Gasteiger partial charge in [0, 0.05) is 0 Å². The summed E-state index contributed by atoms with van der Waals surface area (Å²) in [5.74, 6) is 0. The van der Waals surface area contributed by atoms with Gasteiger partial charge < -0.3 is 0 Å². The first-order valence-corrected chi connectivity index (χ1v) is 6.27. The van der Waals surface area contributed by atoms with Crippen LogP contribution in [0.15, 0.2) is 30.3 Å². The topological polar surface area (TPSA) is 0 Å². The number of halogens is 2. The first kappa shape index (κ1) is 10.6. The smallest absolute Gasteiger partial charge is 0.000202 e. The Morgan fingerprint density at radius 3 is 2.30 bits per heavy atom. The molecule has 56 valence electrons. The molecule has 1 aromatic rings. The fraction of sp³-hybridized carbons (Fsp3) is 0.143. The molecule has 0 aliphatic heterocycles. The van der Waals surface area contributed by atoms with E-state index in [1.54, 1.807) is 0 Å². The molecule has 0 aliphatic carbocycles. The lowest BCUT2D eigenvalue weighted by molar-refractivity contribution is 1.42. The van der Waals surface area contributed by atoms with Crippen LogP contribution < -0.4 is 0 Å². The van der Waals surface area contributed by atoms with E-state index in [4.69, 9.17) is 0 Å². The van der Waals surface area contributed by atoms with Gasteiger partial charge in [0.1, 0.15) is 0 Å². The van der Waals surface area contributed by atoms with Crippen molar-refractivity contribution in [3.63, 3.8) is 0 Å². The summed E-state index contributed by atoms with van der Waals surface area (Å²) in [7, 11) is 0.848. The Hall–Kier alpha value is 0.610. The summed E-state index contributed by atoms with van der Waals surface area (Å²) in [6, 6.07) is 10.5. The summed E-state index contributed by atoms with van der Waals surface area (Å²) in [6.45, 7) is 0. The zero-order valence-corrected chi connectivity index (χ0v) is 9.68. The van der Waals surface area contributed by atoms with E-state index in [-0.39, 0.29) is 17.0 Å². The van der Waals surface area contributed by atoms with Crippen LogP contribution in [0.25, 0.3) is 0 Å². The van der Waals surface area contributed by atoms with Gasteiger partial charge in [0.2, 0.25) is 0 Å². The van der Waals surface area contributed by atoms with Crippen molar-refractivity contribution in [1.29, 1.82) is 0 Å². The summed E-state index contributed by atoms with van der Waals surface area (Å²) >= 11 is 3.41. The Balaban J connectivity index is 0.000000810. The maximum absolute atomic E-state index is 3.41. The minimum Gasteiger partial charge on any atom is -0.114 e. The Bertz CT molecular complexity index is 165. The lowest BCUT2D eigenvalue weighted by Crippen LogP contribution is -1.72. The average molecular weight is 284 g/mol. The van der Waals surface area contributed by atoms with Crippen LogP contribution in [0.4, 0.5) is 0 Å². The van der Waals surface area contributed by atoms with Crippen LogP contribution in [-0.2, 0) is 6.16 Å². The van der Waals surface area contributed by atoms with Crippen LogP contribution in [0.3, 0.4) is 0 Å². The van der Waals surface area contributed by atoms with Gasteiger partial charge in [0.15, 0.2) is 0 Å². The molecule has 0 nitrogen and oxygen atoms in total. The van der Waals surface area contributed by atoms with Gasteiger partial charge in [0.25, 0.3) is 0 Å². The van der Waals surface area contributed by atoms with E-state index in [9.17, 15) is 0 Å². The molecule has 0 aromatic heterocycles. The normalized spacial score (nSPS) is 9.70. The first-order chi connectivity index (χ1) is 4.43. The predicted octanol–water partition coefficient (Wildman–Crippen LogP) is 3.75. The van der Waals surface area contributed by atoms with Crippen molar-refractivity contribution in [3.05, 3.63) is 35.9 Å². The third-order valence-corrected chi connectivity index (χ3v) is 2.50. The lowest BCUT2D eigenvalue weighted by Gasteiger charge is -1.92. The molecular formula is C7H9Br2P. The molecule has 0 saturated carbocycles. The molecule has 0 saturated heterocycles. The molecule has 0 amide bonds. The van der Waals surface area contributed by atoms with Crippen LogP contribution in [-0.4, -0.2) is 0 Å². The number of rotatable bonds is 2. The molecule has 1 unspecified atom stereocenters. The van der Waals surface area contributed by atoms with Crippen LogP contribution in [0.1, 0.15) is 5.56 Å². The zero-order chi connectivity index (χ0) is 6.53. The monoisotopic (exact) mass is 282 g/mol. The van der Waals surface area contributed by atoms with Gasteiger partial charge in [-0.2, -0.15) is 0 Å². The maximum atomic E-state index is 3.41. The second kappa shape index (κ2) is 6.33. The van der Waals surface area contributed by atoms with Crippen LogP contribution in [0.2, 0.25) is 0 Å². The molecule has 0 aliphatic rings. The lowest BCUT2D eigenvalue weighted by atomic mass is 10.2. The summed E-state index contributed by atoms with van der Waals surface area (Å²) in [5, 5.41) is 0. The van der Waals surface area contributed by atoms with E-state index < -0.39 is 0 Å². The van der Waals surface area contributed by atoms with Crippen LogP contribution >= 0.6 is 39.8 Å². The Labute approximate surface area is 81.7 Å². The Morgan fingerprint density at radius 2 is 1.80 bits per heavy atom. The third kappa shape index (κ3) is 3.70. The molecule has 0 bridgehead atoms. The second-order valence-electron chi connectivity index (χ2n) is 1.80. The van der Waals surface area contributed by atoms with Crippen molar-refractivity contribution in [2.24, 2.45) is 0 Å². The van der Waals surface area contributed by atoms with Gasteiger partial charge in [-0.15, -0.1) is 17.0 Å². The molecule has 0 fully saturated rings. The quantitative estimate of drug-likeness (QED) is 0.725.